The van der Waals surface area contributed by atoms with Gasteiger partial charge in [-0.05, 0) is 37.0 Å². The Morgan fingerprint density at radius 2 is 1.89 bits per heavy atom. The molecule has 0 heterocycles. The molecule has 0 amide bonds. The maximum absolute atomic E-state index is 5.75. The van der Waals surface area contributed by atoms with Gasteiger partial charge in [0.1, 0.15) is 0 Å². The van der Waals surface area contributed by atoms with E-state index >= 15 is 0 Å². The first-order valence-corrected chi connectivity index (χ1v) is 6.14. The number of hydrogen-bond donors (Lipinski definition) is 1. The Balaban J connectivity index is 2.18. The van der Waals surface area contributed by atoms with E-state index in [0.717, 1.165) is 16.7 Å². The van der Waals surface area contributed by atoms with Crippen LogP contribution in [0, 0.1) is 6.92 Å². The minimum absolute atomic E-state index is 0.140. The van der Waals surface area contributed by atoms with Crippen molar-refractivity contribution in [3.05, 3.63) is 67.1 Å². The van der Waals surface area contributed by atoms with Crippen LogP contribution in [0.3, 0.4) is 0 Å². The largest absolute Gasteiger partial charge is 0.449 e. The van der Waals surface area contributed by atoms with Gasteiger partial charge in [-0.1, -0.05) is 42.5 Å². The average Bonchev–Trinajstić information content (AvgIpc) is 2.39. The molecule has 0 aliphatic carbocycles. The highest BCUT2D eigenvalue weighted by molar-refractivity contribution is 6.70. The Kier molecular flexibility index (Phi) is 4.43. The Morgan fingerprint density at radius 1 is 1.11 bits per heavy atom. The van der Waals surface area contributed by atoms with E-state index in [9.17, 15) is 0 Å². The van der Waals surface area contributed by atoms with Crippen molar-refractivity contribution in [3.8, 4) is 0 Å². The number of nitrogens with one attached hydrogen (secondary N) is 1. The van der Waals surface area contributed by atoms with Gasteiger partial charge in [0.25, 0.3) is 0 Å². The van der Waals surface area contributed by atoms with E-state index in [1.165, 1.54) is 0 Å². The Labute approximate surface area is 109 Å². The van der Waals surface area contributed by atoms with Gasteiger partial charge in [0.2, 0.25) is 0 Å². The quantitative estimate of drug-likeness (QED) is 0.808. The van der Waals surface area contributed by atoms with E-state index in [1.54, 1.807) is 0 Å². The first-order valence-electron chi connectivity index (χ1n) is 6.14. The molecule has 0 spiro atoms. The van der Waals surface area contributed by atoms with Crippen molar-refractivity contribution in [1.82, 2.24) is 0 Å². The molecule has 0 unspecified atom stereocenters. The van der Waals surface area contributed by atoms with Crippen LogP contribution in [0.2, 0.25) is 0 Å². The minimum Gasteiger partial charge on any atom is -0.413 e. The van der Waals surface area contributed by atoms with Crippen molar-refractivity contribution in [3.63, 3.8) is 0 Å². The molecule has 2 aromatic rings. The summed E-state index contributed by atoms with van der Waals surface area (Å²) in [4.78, 5) is 0. The van der Waals surface area contributed by atoms with Crippen molar-refractivity contribution in [2.24, 2.45) is 0 Å². The molecule has 0 saturated heterocycles. The van der Waals surface area contributed by atoms with Crippen LogP contribution >= 0.6 is 0 Å². The fraction of sp³-hybridized carbons (Fsp3) is 0.133. The second kappa shape index (κ2) is 6.27. The fourth-order valence-corrected chi connectivity index (χ4v) is 1.83. The summed E-state index contributed by atoms with van der Waals surface area (Å²) < 4.78 is 5.75. The minimum atomic E-state index is -0.140. The van der Waals surface area contributed by atoms with Crippen molar-refractivity contribution in [2.45, 2.75) is 6.92 Å². The molecular formula is C15H17BNO. The van der Waals surface area contributed by atoms with Crippen LogP contribution < -0.4 is 10.7 Å². The first kappa shape index (κ1) is 12.7. The molecule has 0 bridgehead atoms. The second-order valence-corrected chi connectivity index (χ2v) is 4.09. The topological polar surface area (TPSA) is 21.3 Å². The van der Waals surface area contributed by atoms with Gasteiger partial charge in [-0.25, -0.2) is 0 Å². The van der Waals surface area contributed by atoms with E-state index in [-0.39, 0.29) is 7.05 Å². The van der Waals surface area contributed by atoms with Crippen molar-refractivity contribution in [2.75, 3.05) is 11.8 Å². The molecule has 0 fully saturated rings. The highest BCUT2D eigenvalue weighted by atomic mass is 16.4. The molecule has 1 N–H and O–H groups in total. The molecule has 0 saturated carbocycles. The van der Waals surface area contributed by atoms with E-state index in [4.69, 9.17) is 4.65 Å². The monoisotopic (exact) mass is 238 g/mol. The molecule has 0 atom stereocenters. The van der Waals surface area contributed by atoms with Gasteiger partial charge in [-0.3, -0.25) is 0 Å². The molecule has 2 nitrogen and oxygen atoms in total. The molecule has 91 valence electrons. The van der Waals surface area contributed by atoms with Crippen LogP contribution in [0.5, 0.6) is 0 Å². The SMILES string of the molecule is [CH2]c1cccc(B(Nc2ccccc2)OCC)c1. The predicted molar refractivity (Wildman–Crippen MR) is 78.0 cm³/mol. The smallest absolute Gasteiger partial charge is 0.413 e. The summed E-state index contributed by atoms with van der Waals surface area (Å²) in [5.41, 5.74) is 3.13. The first-order chi connectivity index (χ1) is 8.79. The maximum atomic E-state index is 5.75. The lowest BCUT2D eigenvalue weighted by Crippen LogP contribution is -2.41. The molecule has 0 aliphatic heterocycles. The molecule has 2 aromatic carbocycles. The summed E-state index contributed by atoms with van der Waals surface area (Å²) in [7, 11) is -0.140. The van der Waals surface area contributed by atoms with Gasteiger partial charge in [0, 0.05) is 12.3 Å². The highest BCUT2D eigenvalue weighted by Gasteiger charge is 2.18. The third-order valence-electron chi connectivity index (χ3n) is 2.66. The third kappa shape index (κ3) is 3.38. The maximum Gasteiger partial charge on any atom is 0.449 e. The average molecular weight is 238 g/mol. The van der Waals surface area contributed by atoms with Gasteiger partial charge >= 0.3 is 7.05 Å². The van der Waals surface area contributed by atoms with Gasteiger partial charge in [0.15, 0.2) is 0 Å². The van der Waals surface area contributed by atoms with E-state index < -0.39 is 0 Å². The number of benzene rings is 2. The van der Waals surface area contributed by atoms with E-state index in [1.807, 2.05) is 61.5 Å². The number of anilines is 1. The summed E-state index contributed by atoms with van der Waals surface area (Å²) in [5, 5.41) is 3.37. The highest BCUT2D eigenvalue weighted by Crippen LogP contribution is 2.07. The van der Waals surface area contributed by atoms with Gasteiger partial charge in [0.05, 0.1) is 0 Å². The lowest BCUT2D eigenvalue weighted by molar-refractivity contribution is 0.354. The summed E-state index contributed by atoms with van der Waals surface area (Å²) in [6, 6.07) is 18.1. The lowest BCUT2D eigenvalue weighted by Gasteiger charge is -2.16. The Bertz CT molecular complexity index is 487. The molecular weight excluding hydrogens is 221 g/mol. The lowest BCUT2D eigenvalue weighted by atomic mass is 9.72. The van der Waals surface area contributed by atoms with Crippen LogP contribution in [0.15, 0.2) is 54.6 Å². The van der Waals surface area contributed by atoms with Crippen molar-refractivity contribution in [1.29, 1.82) is 0 Å². The summed E-state index contributed by atoms with van der Waals surface area (Å²) in [5.74, 6) is 0. The third-order valence-corrected chi connectivity index (χ3v) is 2.66. The summed E-state index contributed by atoms with van der Waals surface area (Å²) in [6.45, 7) is 6.60. The molecule has 18 heavy (non-hydrogen) atoms. The van der Waals surface area contributed by atoms with Crippen LogP contribution in [0.1, 0.15) is 12.5 Å². The number of hydrogen-bond acceptors (Lipinski definition) is 2. The Hall–Kier alpha value is -1.74. The van der Waals surface area contributed by atoms with Gasteiger partial charge in [-0.15, -0.1) is 0 Å². The summed E-state index contributed by atoms with van der Waals surface area (Å²) >= 11 is 0. The normalized spacial score (nSPS) is 10.1. The fourth-order valence-electron chi connectivity index (χ4n) is 1.83. The second-order valence-electron chi connectivity index (χ2n) is 4.09. The zero-order valence-electron chi connectivity index (χ0n) is 10.6. The molecule has 3 heteroatoms. The molecule has 0 aromatic heterocycles. The number of rotatable bonds is 5. The van der Waals surface area contributed by atoms with Crippen LogP contribution in [0.25, 0.3) is 0 Å². The van der Waals surface area contributed by atoms with Crippen LogP contribution in [0.4, 0.5) is 5.69 Å². The Morgan fingerprint density at radius 3 is 2.56 bits per heavy atom. The van der Waals surface area contributed by atoms with Crippen molar-refractivity contribution < 1.29 is 4.65 Å². The van der Waals surface area contributed by atoms with Crippen molar-refractivity contribution >= 4 is 18.2 Å². The van der Waals surface area contributed by atoms with Crippen LogP contribution in [-0.2, 0) is 4.65 Å². The summed E-state index contributed by atoms with van der Waals surface area (Å²) in [6.07, 6.45) is 0. The van der Waals surface area contributed by atoms with E-state index in [2.05, 4.69) is 12.2 Å². The predicted octanol–water partition coefficient (Wildman–Crippen LogP) is 2.71. The van der Waals surface area contributed by atoms with Gasteiger partial charge < -0.3 is 9.88 Å². The zero-order valence-corrected chi connectivity index (χ0v) is 10.6. The zero-order chi connectivity index (χ0) is 12.8. The van der Waals surface area contributed by atoms with Crippen LogP contribution in [-0.4, -0.2) is 13.7 Å². The molecule has 1 radical (unpaired) electrons. The molecule has 2 rings (SSSR count). The number of para-hydroxylation sites is 1. The van der Waals surface area contributed by atoms with Gasteiger partial charge in [-0.2, -0.15) is 0 Å². The standard InChI is InChI=1S/C15H17BNO/c1-3-18-16(14-9-7-8-13(2)12-14)17-15-10-5-4-6-11-15/h4-12,17H,2-3H2,1H3. The van der Waals surface area contributed by atoms with E-state index in [0.29, 0.717) is 6.61 Å². The molecule has 0 aliphatic rings.